The van der Waals surface area contributed by atoms with Crippen molar-refractivity contribution in [1.29, 1.82) is 0 Å². The predicted octanol–water partition coefficient (Wildman–Crippen LogP) is 4.97. The van der Waals surface area contributed by atoms with E-state index in [4.69, 9.17) is 0 Å². The first-order valence-electron chi connectivity index (χ1n) is 7.82. The molecular weight excluding hydrogens is 315 g/mol. The van der Waals surface area contributed by atoms with Crippen molar-refractivity contribution in [3.8, 4) is 0 Å². The van der Waals surface area contributed by atoms with Crippen LogP contribution in [-0.2, 0) is 0 Å². The lowest BCUT2D eigenvalue weighted by molar-refractivity contribution is 0.102. The van der Waals surface area contributed by atoms with E-state index in [-0.39, 0.29) is 11.6 Å². The Kier molecular flexibility index (Phi) is 4.95. The van der Waals surface area contributed by atoms with Crippen LogP contribution in [0.1, 0.15) is 26.3 Å². The molecule has 122 valence electrons. The van der Waals surface area contributed by atoms with Gasteiger partial charge in [0.2, 0.25) is 0 Å². The topological polar surface area (TPSA) is 34.1 Å². The molecule has 0 heterocycles. The first-order valence-corrected chi connectivity index (χ1v) is 7.82. The first kappa shape index (κ1) is 16.5. The monoisotopic (exact) mass is 330 g/mol. The second kappa shape index (κ2) is 7.49. The van der Waals surface area contributed by atoms with Crippen molar-refractivity contribution < 1.29 is 14.0 Å². The van der Waals surface area contributed by atoms with E-state index in [0.29, 0.717) is 22.3 Å². The Balaban J connectivity index is 2.03. The Morgan fingerprint density at radius 3 is 1.72 bits per heavy atom. The highest BCUT2D eigenvalue weighted by molar-refractivity contribution is 6.32. The van der Waals surface area contributed by atoms with Crippen molar-refractivity contribution in [2.24, 2.45) is 0 Å². The minimum Gasteiger partial charge on any atom is -0.289 e. The van der Waals surface area contributed by atoms with Crippen LogP contribution < -0.4 is 0 Å². The number of carbonyl (C=O) groups excluding carboxylic acids is 2. The summed E-state index contributed by atoms with van der Waals surface area (Å²) in [6, 6.07) is 23.1. The standard InChI is InChI=1S/C22H15FO2/c23-19-13-11-17(12-14-19)21(24)15-20(16-7-3-1-4-8-16)22(25)18-9-5-2-6-10-18/h1-15H/b20-15-. The zero-order chi connectivity index (χ0) is 17.6. The highest BCUT2D eigenvalue weighted by atomic mass is 19.1. The van der Waals surface area contributed by atoms with E-state index in [1.807, 2.05) is 24.3 Å². The van der Waals surface area contributed by atoms with E-state index < -0.39 is 5.82 Å². The number of hydrogen-bond donors (Lipinski definition) is 0. The van der Waals surface area contributed by atoms with Crippen molar-refractivity contribution in [3.63, 3.8) is 0 Å². The van der Waals surface area contributed by atoms with Crippen molar-refractivity contribution in [2.45, 2.75) is 0 Å². The molecule has 0 N–H and O–H groups in total. The number of rotatable bonds is 5. The second-order valence-corrected chi connectivity index (χ2v) is 5.49. The quantitative estimate of drug-likeness (QED) is 0.489. The molecule has 0 radical (unpaired) electrons. The smallest absolute Gasteiger partial charge is 0.193 e. The van der Waals surface area contributed by atoms with Gasteiger partial charge in [-0.3, -0.25) is 9.59 Å². The number of hydrogen-bond acceptors (Lipinski definition) is 2. The maximum atomic E-state index is 13.0. The van der Waals surface area contributed by atoms with E-state index in [2.05, 4.69) is 0 Å². The van der Waals surface area contributed by atoms with Gasteiger partial charge in [-0.25, -0.2) is 4.39 Å². The Morgan fingerprint density at radius 2 is 1.16 bits per heavy atom. The summed E-state index contributed by atoms with van der Waals surface area (Å²) in [4.78, 5) is 25.4. The highest BCUT2D eigenvalue weighted by Crippen LogP contribution is 2.21. The number of allylic oxidation sites excluding steroid dienone is 2. The summed E-state index contributed by atoms with van der Waals surface area (Å²) in [6.07, 6.45) is 1.32. The van der Waals surface area contributed by atoms with Crippen LogP contribution in [-0.4, -0.2) is 11.6 Å². The van der Waals surface area contributed by atoms with Gasteiger partial charge in [-0.2, -0.15) is 0 Å². The molecule has 0 aliphatic heterocycles. The molecule has 3 aromatic carbocycles. The van der Waals surface area contributed by atoms with Gasteiger partial charge in [-0.15, -0.1) is 0 Å². The summed E-state index contributed by atoms with van der Waals surface area (Å²) in [7, 11) is 0. The zero-order valence-electron chi connectivity index (χ0n) is 13.4. The minimum atomic E-state index is -0.413. The Hall–Kier alpha value is -3.33. The fourth-order valence-corrected chi connectivity index (χ4v) is 2.47. The molecule has 25 heavy (non-hydrogen) atoms. The summed E-state index contributed by atoms with van der Waals surface area (Å²) in [6.45, 7) is 0. The largest absolute Gasteiger partial charge is 0.289 e. The zero-order valence-corrected chi connectivity index (χ0v) is 13.4. The minimum absolute atomic E-state index is 0.234. The molecular formula is C22H15FO2. The molecule has 0 saturated carbocycles. The van der Waals surface area contributed by atoms with Crippen LogP contribution in [0, 0.1) is 5.82 Å². The van der Waals surface area contributed by atoms with Gasteiger partial charge in [0, 0.05) is 16.7 Å². The van der Waals surface area contributed by atoms with Crippen molar-refractivity contribution in [2.75, 3.05) is 0 Å². The molecule has 0 fully saturated rings. The molecule has 3 heteroatoms. The van der Waals surface area contributed by atoms with Gasteiger partial charge in [0.1, 0.15) is 5.82 Å². The lowest BCUT2D eigenvalue weighted by Crippen LogP contribution is -2.06. The SMILES string of the molecule is O=C(/C=C(\C(=O)c1ccccc1)c1ccccc1)c1ccc(F)cc1. The number of ketones is 2. The van der Waals surface area contributed by atoms with E-state index >= 15 is 0 Å². The average molecular weight is 330 g/mol. The second-order valence-electron chi connectivity index (χ2n) is 5.49. The fraction of sp³-hybridized carbons (Fsp3) is 0. The Bertz CT molecular complexity index is 911. The van der Waals surface area contributed by atoms with Crippen LogP contribution in [0.15, 0.2) is 91.0 Å². The molecule has 2 nitrogen and oxygen atoms in total. The van der Waals surface area contributed by atoms with Gasteiger partial charge >= 0.3 is 0 Å². The van der Waals surface area contributed by atoms with Crippen LogP contribution in [0.4, 0.5) is 4.39 Å². The van der Waals surface area contributed by atoms with Crippen LogP contribution >= 0.6 is 0 Å². The molecule has 0 spiro atoms. The van der Waals surface area contributed by atoms with E-state index in [0.717, 1.165) is 0 Å². The fourth-order valence-electron chi connectivity index (χ4n) is 2.47. The van der Waals surface area contributed by atoms with Crippen molar-refractivity contribution >= 4 is 17.1 Å². The Labute approximate surface area is 145 Å². The van der Waals surface area contributed by atoms with Gasteiger partial charge in [-0.05, 0) is 35.9 Å². The number of Topliss-reactive ketones (excluding diaryl/α,β-unsaturated/α-hetero) is 1. The number of carbonyl (C=O) groups is 2. The molecule has 0 aliphatic carbocycles. The lowest BCUT2D eigenvalue weighted by Gasteiger charge is -2.07. The highest BCUT2D eigenvalue weighted by Gasteiger charge is 2.16. The maximum Gasteiger partial charge on any atom is 0.193 e. The molecule has 0 saturated heterocycles. The van der Waals surface area contributed by atoms with Crippen molar-refractivity contribution in [3.05, 3.63) is 114 Å². The molecule has 3 aromatic rings. The molecule has 0 unspecified atom stereocenters. The van der Waals surface area contributed by atoms with E-state index in [1.54, 1.807) is 36.4 Å². The third-order valence-corrected chi connectivity index (χ3v) is 3.77. The summed E-state index contributed by atoms with van der Waals surface area (Å²) in [5, 5.41) is 0. The van der Waals surface area contributed by atoms with Gasteiger partial charge in [0.25, 0.3) is 0 Å². The average Bonchev–Trinajstić information content (AvgIpc) is 2.67. The van der Waals surface area contributed by atoms with Gasteiger partial charge in [0.15, 0.2) is 11.6 Å². The molecule has 0 amide bonds. The van der Waals surface area contributed by atoms with Gasteiger partial charge < -0.3 is 0 Å². The molecule has 0 bridgehead atoms. The number of benzene rings is 3. The third-order valence-electron chi connectivity index (χ3n) is 3.77. The lowest BCUT2D eigenvalue weighted by atomic mass is 9.94. The predicted molar refractivity (Wildman–Crippen MR) is 95.9 cm³/mol. The summed E-state index contributed by atoms with van der Waals surface area (Å²) >= 11 is 0. The summed E-state index contributed by atoms with van der Waals surface area (Å²) < 4.78 is 13.0. The van der Waals surface area contributed by atoms with Gasteiger partial charge in [-0.1, -0.05) is 60.7 Å². The van der Waals surface area contributed by atoms with Crippen LogP contribution in [0.2, 0.25) is 0 Å². The third kappa shape index (κ3) is 3.96. The summed E-state index contributed by atoms with van der Waals surface area (Å²) in [5.74, 6) is -0.991. The van der Waals surface area contributed by atoms with E-state index in [1.165, 1.54) is 30.3 Å². The van der Waals surface area contributed by atoms with Crippen LogP contribution in [0.5, 0.6) is 0 Å². The van der Waals surface area contributed by atoms with E-state index in [9.17, 15) is 14.0 Å². The van der Waals surface area contributed by atoms with Crippen molar-refractivity contribution in [1.82, 2.24) is 0 Å². The first-order chi connectivity index (χ1) is 12.1. The van der Waals surface area contributed by atoms with Gasteiger partial charge in [0.05, 0.1) is 0 Å². The molecule has 0 atom stereocenters. The molecule has 0 aromatic heterocycles. The molecule has 3 rings (SSSR count). The molecule has 0 aliphatic rings. The summed E-state index contributed by atoms with van der Waals surface area (Å²) in [5.41, 5.74) is 1.80. The Morgan fingerprint density at radius 1 is 0.640 bits per heavy atom. The normalized spacial score (nSPS) is 11.2. The maximum absolute atomic E-state index is 13.0. The van der Waals surface area contributed by atoms with Crippen LogP contribution in [0.25, 0.3) is 5.57 Å². The van der Waals surface area contributed by atoms with Crippen LogP contribution in [0.3, 0.4) is 0 Å². The number of halogens is 1.